The molecule has 0 spiro atoms. The van der Waals surface area contributed by atoms with E-state index in [2.05, 4.69) is 9.12 Å². The first-order chi connectivity index (χ1) is 11.5. The summed E-state index contributed by atoms with van der Waals surface area (Å²) in [5.74, 6) is 0.488. The predicted octanol–water partition coefficient (Wildman–Crippen LogP) is 2.16. The Morgan fingerprint density at radius 2 is 1.75 bits per heavy atom. The molecular formula is C16H25N3O4S. The molecule has 0 aromatic heterocycles. The number of amidine groups is 1. The number of hydrogen-bond acceptors (Lipinski definition) is 5. The lowest BCUT2D eigenvalue weighted by atomic mass is 10.1. The van der Waals surface area contributed by atoms with Crippen LogP contribution < -0.4 is 15.2 Å². The Morgan fingerprint density at radius 1 is 1.08 bits per heavy atom. The maximum Gasteiger partial charge on any atom is 0.344 e. The number of benzene rings is 1. The molecule has 1 heterocycles. The Labute approximate surface area is 143 Å². The first-order valence-electron chi connectivity index (χ1n) is 8.29. The van der Waals surface area contributed by atoms with Crippen LogP contribution in [0.5, 0.6) is 5.75 Å². The zero-order chi connectivity index (χ0) is 17.4. The largest absolute Gasteiger partial charge is 0.493 e. The van der Waals surface area contributed by atoms with Gasteiger partial charge in [-0.3, -0.25) is 4.72 Å². The van der Waals surface area contributed by atoms with E-state index in [4.69, 9.17) is 15.6 Å². The number of aliphatic hydroxyl groups is 1. The molecule has 0 aliphatic carbocycles. The lowest BCUT2D eigenvalue weighted by Crippen LogP contribution is -2.27. The van der Waals surface area contributed by atoms with E-state index in [-0.39, 0.29) is 12.4 Å². The second-order valence-corrected chi connectivity index (χ2v) is 7.12. The van der Waals surface area contributed by atoms with Crippen molar-refractivity contribution in [3.63, 3.8) is 0 Å². The zero-order valence-corrected chi connectivity index (χ0v) is 14.5. The summed E-state index contributed by atoms with van der Waals surface area (Å²) in [6.07, 6.45) is 7.43. The summed E-state index contributed by atoms with van der Waals surface area (Å²) >= 11 is 0. The molecule has 7 nitrogen and oxygen atoms in total. The number of nitrogens with one attached hydrogen (secondary N) is 1. The molecule has 0 amide bonds. The molecule has 134 valence electrons. The molecule has 0 unspecified atom stereocenters. The highest BCUT2D eigenvalue weighted by molar-refractivity contribution is 7.91. The molecule has 1 aromatic carbocycles. The fourth-order valence-corrected chi connectivity index (χ4v) is 3.46. The van der Waals surface area contributed by atoms with E-state index in [1.54, 1.807) is 18.2 Å². The molecule has 1 aliphatic rings. The van der Waals surface area contributed by atoms with E-state index < -0.39 is 10.2 Å². The number of hydrogen-bond donors (Lipinski definition) is 3. The molecule has 0 atom stereocenters. The van der Waals surface area contributed by atoms with Crippen molar-refractivity contribution in [2.24, 2.45) is 10.1 Å². The SMILES string of the molecule is NC1=NS(=O)(=O)Nc2cccc(OCCCCCCCCCO)c21. The third kappa shape index (κ3) is 5.38. The van der Waals surface area contributed by atoms with Gasteiger partial charge in [0.2, 0.25) is 0 Å². The van der Waals surface area contributed by atoms with Crippen LogP contribution in [-0.2, 0) is 10.2 Å². The van der Waals surface area contributed by atoms with Crippen molar-refractivity contribution in [2.45, 2.75) is 44.9 Å². The van der Waals surface area contributed by atoms with Crippen LogP contribution >= 0.6 is 0 Å². The van der Waals surface area contributed by atoms with E-state index >= 15 is 0 Å². The monoisotopic (exact) mass is 355 g/mol. The Bertz CT molecular complexity index is 674. The zero-order valence-electron chi connectivity index (χ0n) is 13.7. The highest BCUT2D eigenvalue weighted by atomic mass is 32.2. The van der Waals surface area contributed by atoms with Crippen LogP contribution in [0.2, 0.25) is 0 Å². The number of anilines is 1. The predicted molar refractivity (Wildman–Crippen MR) is 94.6 cm³/mol. The third-order valence-corrected chi connectivity index (χ3v) is 4.71. The lowest BCUT2D eigenvalue weighted by molar-refractivity contribution is 0.281. The van der Waals surface area contributed by atoms with Crippen LogP contribution in [-0.4, -0.2) is 32.6 Å². The van der Waals surface area contributed by atoms with Crippen molar-refractivity contribution < 1.29 is 18.3 Å². The molecule has 8 heteroatoms. The van der Waals surface area contributed by atoms with Gasteiger partial charge < -0.3 is 15.6 Å². The molecule has 24 heavy (non-hydrogen) atoms. The van der Waals surface area contributed by atoms with Gasteiger partial charge in [-0.25, -0.2) is 0 Å². The quantitative estimate of drug-likeness (QED) is 0.557. The minimum atomic E-state index is -3.76. The normalized spacial score (nSPS) is 15.3. The molecule has 2 rings (SSSR count). The number of nitrogens with zero attached hydrogens (tertiary/aromatic N) is 1. The highest BCUT2D eigenvalue weighted by Crippen LogP contribution is 2.30. The second-order valence-electron chi connectivity index (χ2n) is 5.78. The van der Waals surface area contributed by atoms with E-state index in [0.717, 1.165) is 38.5 Å². The van der Waals surface area contributed by atoms with Gasteiger partial charge in [0.1, 0.15) is 5.75 Å². The molecule has 0 bridgehead atoms. The van der Waals surface area contributed by atoms with Crippen LogP contribution in [0, 0.1) is 0 Å². The van der Waals surface area contributed by atoms with Gasteiger partial charge in [-0.15, -0.1) is 4.40 Å². The summed E-state index contributed by atoms with van der Waals surface area (Å²) < 4.78 is 34.6. The van der Waals surface area contributed by atoms with E-state index in [1.807, 2.05) is 0 Å². The first kappa shape index (κ1) is 18.5. The van der Waals surface area contributed by atoms with Gasteiger partial charge in [0.15, 0.2) is 5.84 Å². The molecule has 4 N–H and O–H groups in total. The van der Waals surface area contributed by atoms with Crippen LogP contribution in [0.25, 0.3) is 0 Å². The molecule has 1 aliphatic heterocycles. The van der Waals surface area contributed by atoms with E-state index in [0.29, 0.717) is 23.6 Å². The highest BCUT2D eigenvalue weighted by Gasteiger charge is 2.24. The Kier molecular flexibility index (Phi) is 6.86. The van der Waals surface area contributed by atoms with Crippen LogP contribution in [0.15, 0.2) is 22.6 Å². The number of rotatable bonds is 10. The van der Waals surface area contributed by atoms with Gasteiger partial charge in [0.05, 0.1) is 17.9 Å². The number of aliphatic hydroxyl groups excluding tert-OH is 1. The van der Waals surface area contributed by atoms with Gasteiger partial charge in [-0.2, -0.15) is 8.42 Å². The fraction of sp³-hybridized carbons (Fsp3) is 0.562. The van der Waals surface area contributed by atoms with Crippen LogP contribution in [0.4, 0.5) is 5.69 Å². The Balaban J connectivity index is 1.79. The number of ether oxygens (including phenoxy) is 1. The first-order valence-corrected chi connectivity index (χ1v) is 9.73. The van der Waals surface area contributed by atoms with Crippen molar-refractivity contribution in [3.05, 3.63) is 23.8 Å². The number of fused-ring (bicyclic) bond motifs is 1. The number of nitrogens with two attached hydrogens (primary N) is 1. The van der Waals surface area contributed by atoms with E-state index in [1.165, 1.54) is 6.42 Å². The molecule has 0 radical (unpaired) electrons. The van der Waals surface area contributed by atoms with E-state index in [9.17, 15) is 8.42 Å². The van der Waals surface area contributed by atoms with Gasteiger partial charge in [0, 0.05) is 6.61 Å². The standard InChI is InChI=1S/C16H25N3O4S/c17-16-15-13(18-24(21,22)19-16)9-8-10-14(15)23-12-7-5-3-1-2-4-6-11-20/h8-10,18,20H,1-7,11-12H2,(H2,17,19). The summed E-state index contributed by atoms with van der Waals surface area (Å²) in [4.78, 5) is 0. The molecule has 0 fully saturated rings. The maximum absolute atomic E-state index is 11.5. The minimum absolute atomic E-state index is 0.0526. The van der Waals surface area contributed by atoms with Crippen LogP contribution in [0.3, 0.4) is 0 Å². The minimum Gasteiger partial charge on any atom is -0.493 e. The molecule has 1 aromatic rings. The summed E-state index contributed by atoms with van der Waals surface area (Å²) in [5.41, 5.74) is 6.65. The second kappa shape index (κ2) is 8.89. The van der Waals surface area contributed by atoms with Crippen molar-refractivity contribution in [3.8, 4) is 5.75 Å². The third-order valence-electron chi connectivity index (χ3n) is 3.80. The number of unbranched alkanes of at least 4 members (excludes halogenated alkanes) is 6. The summed E-state index contributed by atoms with van der Waals surface area (Å²) in [6.45, 7) is 0.824. The molecule has 0 saturated carbocycles. The van der Waals surface area contributed by atoms with Gasteiger partial charge in [-0.05, 0) is 25.0 Å². The van der Waals surface area contributed by atoms with Crippen molar-refractivity contribution in [2.75, 3.05) is 17.9 Å². The molecule has 0 saturated heterocycles. The van der Waals surface area contributed by atoms with Gasteiger partial charge in [0.25, 0.3) is 0 Å². The Morgan fingerprint density at radius 3 is 2.46 bits per heavy atom. The average Bonchev–Trinajstić information content (AvgIpc) is 2.51. The maximum atomic E-state index is 11.5. The Hall–Kier alpha value is -1.80. The van der Waals surface area contributed by atoms with Crippen LogP contribution in [0.1, 0.15) is 50.5 Å². The van der Waals surface area contributed by atoms with Crippen molar-refractivity contribution >= 4 is 21.7 Å². The average molecular weight is 355 g/mol. The summed E-state index contributed by atoms with van der Waals surface area (Å²) in [7, 11) is -3.76. The topological polar surface area (TPSA) is 114 Å². The van der Waals surface area contributed by atoms with Crippen molar-refractivity contribution in [1.82, 2.24) is 0 Å². The fourth-order valence-electron chi connectivity index (χ4n) is 2.62. The molecular weight excluding hydrogens is 330 g/mol. The lowest BCUT2D eigenvalue weighted by Gasteiger charge is -2.19. The van der Waals surface area contributed by atoms with Gasteiger partial charge in [-0.1, -0.05) is 38.2 Å². The smallest absolute Gasteiger partial charge is 0.344 e. The summed E-state index contributed by atoms with van der Waals surface area (Å²) in [6, 6.07) is 5.11. The summed E-state index contributed by atoms with van der Waals surface area (Å²) in [5, 5.41) is 8.71. The van der Waals surface area contributed by atoms with Crippen molar-refractivity contribution in [1.29, 1.82) is 0 Å². The van der Waals surface area contributed by atoms with Gasteiger partial charge >= 0.3 is 10.2 Å².